The van der Waals surface area contributed by atoms with E-state index >= 15 is 0 Å². The third-order valence-electron chi connectivity index (χ3n) is 6.00. The summed E-state index contributed by atoms with van der Waals surface area (Å²) in [4.78, 5) is 24.8. The maximum Gasteiger partial charge on any atom is 0.407 e. The van der Waals surface area contributed by atoms with Crippen LogP contribution in [0.5, 0.6) is 0 Å². The Morgan fingerprint density at radius 3 is 2.12 bits per heavy atom. The van der Waals surface area contributed by atoms with Crippen LogP contribution in [0.1, 0.15) is 30.4 Å². The van der Waals surface area contributed by atoms with Crippen molar-refractivity contribution in [2.24, 2.45) is 5.41 Å². The van der Waals surface area contributed by atoms with Crippen LogP contribution in [0.3, 0.4) is 0 Å². The predicted molar refractivity (Wildman–Crippen MR) is 125 cm³/mol. The van der Waals surface area contributed by atoms with Crippen molar-refractivity contribution >= 4 is 12.1 Å². The van der Waals surface area contributed by atoms with Gasteiger partial charge in [0.25, 0.3) is 0 Å². The van der Waals surface area contributed by atoms with Crippen LogP contribution in [-0.4, -0.2) is 62.0 Å². The number of amides is 1. The van der Waals surface area contributed by atoms with E-state index in [0.29, 0.717) is 17.4 Å². The van der Waals surface area contributed by atoms with Crippen LogP contribution < -0.4 is 5.32 Å². The number of hydrogen-bond acceptors (Lipinski definition) is 3. The number of rotatable bonds is 9. The van der Waals surface area contributed by atoms with Crippen LogP contribution in [0.25, 0.3) is 11.1 Å². The molecule has 0 radical (unpaired) electrons. The first kappa shape index (κ1) is 23.5. The number of ether oxygens (including phenoxy) is 1. The Labute approximate surface area is 190 Å². The summed E-state index contributed by atoms with van der Waals surface area (Å²) in [5, 5.41) is 12.5. The van der Waals surface area contributed by atoms with Gasteiger partial charge in [-0.15, -0.1) is 6.58 Å². The van der Waals surface area contributed by atoms with Gasteiger partial charge in [0.15, 0.2) is 0 Å². The third kappa shape index (κ3) is 5.02. The zero-order valence-electron chi connectivity index (χ0n) is 19.3. The van der Waals surface area contributed by atoms with Crippen molar-refractivity contribution in [3.05, 3.63) is 72.3 Å². The van der Waals surface area contributed by atoms with E-state index < -0.39 is 23.5 Å². The summed E-state index contributed by atoms with van der Waals surface area (Å²) in [5.74, 6) is -1.17. The maximum atomic E-state index is 12.7. The van der Waals surface area contributed by atoms with Gasteiger partial charge in [-0.2, -0.15) is 0 Å². The number of hydrogen-bond donors (Lipinski definition) is 2. The first-order valence-corrected chi connectivity index (χ1v) is 10.8. The third-order valence-corrected chi connectivity index (χ3v) is 6.00. The fraction of sp³-hybridized carbons (Fsp3) is 0.385. The summed E-state index contributed by atoms with van der Waals surface area (Å²) in [6, 6.07) is 15.1. The first-order chi connectivity index (χ1) is 15.1. The van der Waals surface area contributed by atoms with Crippen LogP contribution in [0, 0.1) is 5.41 Å². The van der Waals surface area contributed by atoms with Gasteiger partial charge < -0.3 is 19.6 Å². The average Bonchev–Trinajstić information content (AvgIpc) is 3.03. The highest BCUT2D eigenvalue weighted by atomic mass is 16.5. The van der Waals surface area contributed by atoms with Crippen LogP contribution >= 0.6 is 0 Å². The standard InChI is InChI=1S/C26H32N2O4/c1-6-15-26(2,17-28(3,4)5)23(24(29)30)27-25(31)32-16-22-20-13-9-7-11-18(20)19-12-8-10-14-21(19)22/h6-14,22-23H,1,15-17H2,2-5H3,(H-,27,29,30,31)/p+1/t23-,26+/m0/s1. The Morgan fingerprint density at radius 1 is 1.12 bits per heavy atom. The molecular formula is C26H33N2O4+. The molecule has 0 unspecified atom stereocenters. The molecule has 2 aromatic carbocycles. The van der Waals surface area contributed by atoms with E-state index in [1.807, 2.05) is 64.5 Å². The van der Waals surface area contributed by atoms with Gasteiger partial charge in [-0.1, -0.05) is 61.5 Å². The number of nitrogens with zero attached hydrogens (tertiary/aromatic N) is 1. The molecule has 2 atom stereocenters. The molecule has 0 fully saturated rings. The highest BCUT2D eigenvalue weighted by Gasteiger charge is 2.44. The SMILES string of the molecule is C=CC[C@](C)(C[N+](C)(C)C)[C@@H](NC(=O)OCC1c2ccccc2-c2ccccc21)C(=O)O. The Kier molecular flexibility index (Phi) is 6.74. The van der Waals surface area contributed by atoms with E-state index in [9.17, 15) is 14.7 Å². The molecule has 0 aromatic heterocycles. The predicted octanol–water partition coefficient (Wildman–Crippen LogP) is 4.27. The Bertz CT molecular complexity index is 965. The zero-order chi connectivity index (χ0) is 23.5. The molecule has 0 aliphatic heterocycles. The lowest BCUT2D eigenvalue weighted by Gasteiger charge is -2.39. The summed E-state index contributed by atoms with van der Waals surface area (Å²) in [6.07, 6.45) is 1.42. The number of allylic oxidation sites excluding steroid dienone is 1. The Morgan fingerprint density at radius 2 is 1.66 bits per heavy atom. The zero-order valence-corrected chi connectivity index (χ0v) is 19.3. The summed E-state index contributed by atoms with van der Waals surface area (Å²) in [5.41, 5.74) is 3.77. The Hall–Kier alpha value is -3.12. The minimum absolute atomic E-state index is 0.0813. The molecule has 1 aliphatic carbocycles. The number of fused-ring (bicyclic) bond motifs is 3. The first-order valence-electron chi connectivity index (χ1n) is 10.8. The molecule has 6 nitrogen and oxygen atoms in total. The molecule has 2 N–H and O–H groups in total. The van der Waals surface area contributed by atoms with Crippen molar-refractivity contribution in [2.75, 3.05) is 34.3 Å². The summed E-state index contributed by atoms with van der Waals surface area (Å²) >= 11 is 0. The summed E-state index contributed by atoms with van der Waals surface area (Å²) in [6.45, 7) is 6.33. The number of aliphatic carboxylic acids is 1. The van der Waals surface area contributed by atoms with Crippen LogP contribution in [0.15, 0.2) is 61.2 Å². The molecule has 1 amide bonds. The fourth-order valence-electron chi connectivity index (χ4n) is 4.98. The van der Waals surface area contributed by atoms with Crippen LogP contribution in [-0.2, 0) is 9.53 Å². The number of alkyl carbamates (subject to hydrolysis) is 1. The average molecular weight is 438 g/mol. The van der Waals surface area contributed by atoms with Crippen molar-refractivity contribution < 1.29 is 23.9 Å². The lowest BCUT2D eigenvalue weighted by Crippen LogP contribution is -2.57. The second-order valence-corrected chi connectivity index (χ2v) is 9.84. The lowest BCUT2D eigenvalue weighted by molar-refractivity contribution is -0.877. The molecule has 0 heterocycles. The second-order valence-electron chi connectivity index (χ2n) is 9.84. The van der Waals surface area contributed by atoms with Crippen molar-refractivity contribution in [3.63, 3.8) is 0 Å². The van der Waals surface area contributed by atoms with E-state index in [0.717, 1.165) is 22.3 Å². The number of benzene rings is 2. The van der Waals surface area contributed by atoms with Crippen molar-refractivity contribution in [1.82, 2.24) is 5.32 Å². The molecule has 0 spiro atoms. The number of nitrogens with one attached hydrogen (secondary N) is 1. The molecule has 32 heavy (non-hydrogen) atoms. The van der Waals surface area contributed by atoms with E-state index in [1.165, 1.54) is 0 Å². The summed E-state index contributed by atoms with van der Waals surface area (Å²) in [7, 11) is 5.98. The summed E-state index contributed by atoms with van der Waals surface area (Å²) < 4.78 is 6.14. The molecule has 0 bridgehead atoms. The van der Waals surface area contributed by atoms with Gasteiger partial charge in [0.2, 0.25) is 0 Å². The van der Waals surface area contributed by atoms with Gasteiger partial charge in [0.05, 0.1) is 33.1 Å². The smallest absolute Gasteiger partial charge is 0.407 e. The molecule has 3 rings (SSSR count). The van der Waals surface area contributed by atoms with Gasteiger partial charge in [0.1, 0.15) is 12.6 Å². The van der Waals surface area contributed by atoms with Crippen molar-refractivity contribution in [2.45, 2.75) is 25.3 Å². The van der Waals surface area contributed by atoms with Gasteiger partial charge in [0, 0.05) is 5.92 Å². The van der Waals surface area contributed by atoms with E-state index in [4.69, 9.17) is 4.74 Å². The van der Waals surface area contributed by atoms with E-state index in [1.54, 1.807) is 6.08 Å². The second kappa shape index (κ2) is 9.17. The highest BCUT2D eigenvalue weighted by Crippen LogP contribution is 2.44. The van der Waals surface area contributed by atoms with E-state index in [2.05, 4.69) is 24.0 Å². The number of quaternary nitrogens is 1. The number of carbonyl (C=O) groups is 2. The topological polar surface area (TPSA) is 75.6 Å². The van der Waals surface area contributed by atoms with Crippen molar-refractivity contribution in [1.29, 1.82) is 0 Å². The molecule has 0 saturated carbocycles. The largest absolute Gasteiger partial charge is 0.480 e. The molecule has 1 aliphatic rings. The highest BCUT2D eigenvalue weighted by molar-refractivity contribution is 5.81. The van der Waals surface area contributed by atoms with Gasteiger partial charge in [-0.05, 0) is 28.7 Å². The van der Waals surface area contributed by atoms with Gasteiger partial charge in [-0.25, -0.2) is 9.59 Å². The number of carboxylic acids is 1. The van der Waals surface area contributed by atoms with E-state index in [-0.39, 0.29) is 12.5 Å². The normalized spacial score (nSPS) is 15.8. The fourth-order valence-corrected chi connectivity index (χ4v) is 4.98. The van der Waals surface area contributed by atoms with Gasteiger partial charge in [-0.3, -0.25) is 0 Å². The minimum atomic E-state index is -1.10. The Balaban J connectivity index is 1.75. The van der Waals surface area contributed by atoms with Crippen molar-refractivity contribution in [3.8, 4) is 11.1 Å². The van der Waals surface area contributed by atoms with Gasteiger partial charge >= 0.3 is 12.1 Å². The van der Waals surface area contributed by atoms with Crippen LogP contribution in [0.4, 0.5) is 4.79 Å². The number of carbonyl (C=O) groups excluding carboxylic acids is 1. The molecule has 2 aromatic rings. The minimum Gasteiger partial charge on any atom is -0.480 e. The molecule has 0 saturated heterocycles. The molecule has 6 heteroatoms. The monoisotopic (exact) mass is 437 g/mol. The number of carboxylic acid groups (broad SMARTS) is 1. The maximum absolute atomic E-state index is 12.7. The lowest BCUT2D eigenvalue weighted by atomic mass is 9.78. The van der Waals surface area contributed by atoms with Crippen LogP contribution in [0.2, 0.25) is 0 Å². The molecular weight excluding hydrogens is 404 g/mol. The molecule has 170 valence electrons. The quantitative estimate of drug-likeness (QED) is 0.454.